The molecule has 3 aromatic rings. The third-order valence-electron chi connectivity index (χ3n) is 2.41. The molecule has 1 N–H and O–H groups in total. The lowest BCUT2D eigenvalue weighted by Gasteiger charge is -2.02. The van der Waals surface area contributed by atoms with E-state index in [1.165, 1.54) is 0 Å². The van der Waals surface area contributed by atoms with Crippen molar-refractivity contribution in [2.45, 2.75) is 0 Å². The minimum absolute atomic E-state index is 0.566. The Bertz CT molecular complexity index is 613. The number of ether oxygens (including phenoxy) is 1. The van der Waals surface area contributed by atoms with Crippen LogP contribution in [0.2, 0.25) is 0 Å². The van der Waals surface area contributed by atoms with Crippen molar-refractivity contribution in [3.8, 4) is 11.7 Å². The summed E-state index contributed by atoms with van der Waals surface area (Å²) in [6.45, 7) is 0. The van der Waals surface area contributed by atoms with E-state index in [0.29, 0.717) is 5.95 Å². The standard InChI is InChI=1S/C10H8N5O/c1-16-9-4-2-3-8-7(9)5-6-15(8)10-11-13-14-12-10/h3-6H,1H3,(H,11,12,13,14). The second-order valence-electron chi connectivity index (χ2n) is 3.23. The molecule has 0 amide bonds. The van der Waals surface area contributed by atoms with E-state index in [4.69, 9.17) is 4.74 Å². The molecule has 1 radical (unpaired) electrons. The van der Waals surface area contributed by atoms with Crippen LogP contribution < -0.4 is 4.74 Å². The van der Waals surface area contributed by atoms with Crippen LogP contribution in [0.15, 0.2) is 24.4 Å². The average Bonchev–Trinajstić information content (AvgIpc) is 2.96. The number of hydrogen-bond donors (Lipinski definition) is 1. The molecule has 0 aliphatic rings. The fourth-order valence-electron chi connectivity index (χ4n) is 1.68. The van der Waals surface area contributed by atoms with Gasteiger partial charge in [-0.2, -0.15) is 0 Å². The molecule has 2 heterocycles. The molecular formula is C10H8N5O. The summed E-state index contributed by atoms with van der Waals surface area (Å²) in [6, 6.07) is 8.62. The first-order chi connectivity index (χ1) is 7.90. The third-order valence-corrected chi connectivity index (χ3v) is 2.41. The Morgan fingerprint density at radius 2 is 2.38 bits per heavy atom. The predicted molar refractivity (Wildman–Crippen MR) is 56.4 cm³/mol. The van der Waals surface area contributed by atoms with Crippen LogP contribution in [0.25, 0.3) is 16.9 Å². The zero-order chi connectivity index (χ0) is 11.0. The topological polar surface area (TPSA) is 68.6 Å². The normalized spacial score (nSPS) is 10.8. The molecule has 0 aliphatic carbocycles. The molecular weight excluding hydrogens is 206 g/mol. The van der Waals surface area contributed by atoms with Crippen LogP contribution in [-0.4, -0.2) is 32.3 Å². The van der Waals surface area contributed by atoms with E-state index in [1.807, 2.05) is 22.9 Å². The number of rotatable bonds is 2. The largest absolute Gasteiger partial charge is 0.496 e. The van der Waals surface area contributed by atoms with E-state index in [0.717, 1.165) is 16.7 Å². The minimum Gasteiger partial charge on any atom is -0.496 e. The Morgan fingerprint density at radius 3 is 3.12 bits per heavy atom. The van der Waals surface area contributed by atoms with Crippen molar-refractivity contribution in [3.05, 3.63) is 30.5 Å². The van der Waals surface area contributed by atoms with Gasteiger partial charge in [0.05, 0.1) is 12.6 Å². The third kappa shape index (κ3) is 1.16. The Kier molecular flexibility index (Phi) is 1.86. The molecule has 0 bridgehead atoms. The van der Waals surface area contributed by atoms with Gasteiger partial charge in [-0.1, -0.05) is 5.10 Å². The summed E-state index contributed by atoms with van der Waals surface area (Å²) in [5.74, 6) is 1.35. The number of aromatic amines is 1. The Labute approximate surface area is 90.8 Å². The van der Waals surface area contributed by atoms with E-state index in [9.17, 15) is 0 Å². The van der Waals surface area contributed by atoms with Crippen LogP contribution in [0.5, 0.6) is 5.75 Å². The fourth-order valence-corrected chi connectivity index (χ4v) is 1.68. The van der Waals surface area contributed by atoms with Gasteiger partial charge in [-0.05, 0) is 34.7 Å². The van der Waals surface area contributed by atoms with E-state index >= 15 is 0 Å². The number of nitrogens with one attached hydrogen (secondary N) is 1. The smallest absolute Gasteiger partial charge is 0.251 e. The molecule has 6 nitrogen and oxygen atoms in total. The quantitative estimate of drug-likeness (QED) is 0.689. The highest BCUT2D eigenvalue weighted by Crippen LogP contribution is 2.26. The molecule has 0 spiro atoms. The van der Waals surface area contributed by atoms with E-state index < -0.39 is 0 Å². The van der Waals surface area contributed by atoms with Crippen LogP contribution in [-0.2, 0) is 0 Å². The van der Waals surface area contributed by atoms with Crippen molar-refractivity contribution < 1.29 is 4.74 Å². The van der Waals surface area contributed by atoms with Crippen LogP contribution >= 0.6 is 0 Å². The highest BCUT2D eigenvalue weighted by atomic mass is 16.5. The molecule has 0 unspecified atom stereocenters. The summed E-state index contributed by atoms with van der Waals surface area (Å²) >= 11 is 0. The Balaban J connectivity index is 2.29. The number of H-pyrrole nitrogens is 1. The number of fused-ring (bicyclic) bond motifs is 1. The number of nitrogens with zero attached hydrogens (tertiary/aromatic N) is 4. The maximum absolute atomic E-state index is 5.25. The molecule has 0 saturated heterocycles. The van der Waals surface area contributed by atoms with Crippen molar-refractivity contribution in [2.24, 2.45) is 0 Å². The summed E-state index contributed by atoms with van der Waals surface area (Å²) in [6.07, 6.45) is 1.88. The van der Waals surface area contributed by atoms with Crippen molar-refractivity contribution in [1.29, 1.82) is 0 Å². The number of aromatic nitrogens is 5. The lowest BCUT2D eigenvalue weighted by atomic mass is 10.2. The van der Waals surface area contributed by atoms with E-state index in [2.05, 4.69) is 26.7 Å². The number of tetrazole rings is 1. The minimum atomic E-state index is 0.566. The van der Waals surface area contributed by atoms with E-state index in [1.54, 1.807) is 13.2 Å². The second-order valence-corrected chi connectivity index (χ2v) is 3.23. The summed E-state index contributed by atoms with van der Waals surface area (Å²) < 4.78 is 7.09. The van der Waals surface area contributed by atoms with Crippen molar-refractivity contribution in [1.82, 2.24) is 25.2 Å². The molecule has 1 aromatic carbocycles. The monoisotopic (exact) mass is 214 g/mol. The maximum atomic E-state index is 5.25. The zero-order valence-corrected chi connectivity index (χ0v) is 8.51. The second kappa shape index (κ2) is 3.34. The lowest BCUT2D eigenvalue weighted by molar-refractivity contribution is 0.420. The van der Waals surface area contributed by atoms with Crippen LogP contribution in [0.3, 0.4) is 0 Å². The molecule has 16 heavy (non-hydrogen) atoms. The van der Waals surface area contributed by atoms with Crippen molar-refractivity contribution in [2.75, 3.05) is 7.11 Å². The highest BCUT2D eigenvalue weighted by molar-refractivity contribution is 5.87. The molecule has 3 rings (SSSR count). The van der Waals surface area contributed by atoms with Gasteiger partial charge < -0.3 is 4.74 Å². The molecule has 0 atom stereocenters. The van der Waals surface area contributed by atoms with Crippen molar-refractivity contribution in [3.63, 3.8) is 0 Å². The van der Waals surface area contributed by atoms with Crippen molar-refractivity contribution >= 4 is 10.9 Å². The molecule has 6 heteroatoms. The molecule has 0 saturated carbocycles. The van der Waals surface area contributed by atoms with Gasteiger partial charge in [0.25, 0.3) is 5.95 Å². The zero-order valence-electron chi connectivity index (χ0n) is 8.51. The van der Waals surface area contributed by atoms with Gasteiger partial charge in [0.1, 0.15) is 5.75 Å². The summed E-state index contributed by atoms with van der Waals surface area (Å²) in [5, 5.41) is 14.6. The van der Waals surface area contributed by atoms with Gasteiger partial charge in [-0.3, -0.25) is 4.57 Å². The SMILES string of the molecule is COc1c[c]cc2c1ccn2-c1nnn[nH]1. The highest BCUT2D eigenvalue weighted by Gasteiger charge is 2.08. The molecule has 0 fully saturated rings. The van der Waals surface area contributed by atoms with Gasteiger partial charge in [0, 0.05) is 11.6 Å². The lowest BCUT2D eigenvalue weighted by Crippen LogP contribution is -1.94. The van der Waals surface area contributed by atoms with Gasteiger partial charge in [0.15, 0.2) is 0 Å². The summed E-state index contributed by atoms with van der Waals surface area (Å²) in [7, 11) is 1.63. The molecule has 2 aromatic heterocycles. The summed E-state index contributed by atoms with van der Waals surface area (Å²) in [5.41, 5.74) is 0.943. The first kappa shape index (κ1) is 8.90. The molecule has 0 aliphatic heterocycles. The van der Waals surface area contributed by atoms with Crippen LogP contribution in [0.4, 0.5) is 0 Å². The van der Waals surface area contributed by atoms with Gasteiger partial charge >= 0.3 is 0 Å². The average molecular weight is 214 g/mol. The fraction of sp³-hybridized carbons (Fsp3) is 0.100. The summed E-state index contributed by atoms with van der Waals surface area (Å²) in [4.78, 5) is 0. The number of benzene rings is 1. The van der Waals surface area contributed by atoms with E-state index in [-0.39, 0.29) is 0 Å². The van der Waals surface area contributed by atoms with Crippen LogP contribution in [0.1, 0.15) is 0 Å². The Morgan fingerprint density at radius 1 is 1.44 bits per heavy atom. The van der Waals surface area contributed by atoms with Gasteiger partial charge in [0.2, 0.25) is 0 Å². The van der Waals surface area contributed by atoms with Gasteiger partial charge in [-0.25, -0.2) is 5.10 Å². The van der Waals surface area contributed by atoms with Crippen LogP contribution in [0, 0.1) is 6.07 Å². The number of methoxy groups -OCH3 is 1. The Hall–Kier alpha value is -2.37. The maximum Gasteiger partial charge on any atom is 0.251 e. The predicted octanol–water partition coefficient (Wildman–Crippen LogP) is 0.952. The molecule has 79 valence electrons. The first-order valence-corrected chi connectivity index (χ1v) is 4.69. The van der Waals surface area contributed by atoms with Gasteiger partial charge in [-0.15, -0.1) is 0 Å². The first-order valence-electron chi connectivity index (χ1n) is 4.69. The number of hydrogen-bond acceptors (Lipinski definition) is 4.